The molecule has 1 aliphatic heterocycles. The maximum absolute atomic E-state index is 14.5. The van der Waals surface area contributed by atoms with E-state index in [2.05, 4.69) is 15.7 Å². The summed E-state index contributed by atoms with van der Waals surface area (Å²) in [6, 6.07) is 15.9. The normalized spacial score (nSPS) is 13.6. The zero-order chi connectivity index (χ0) is 39.7. The molecule has 0 aliphatic carbocycles. The molecule has 13 nitrogen and oxygen atoms in total. The van der Waals surface area contributed by atoms with Gasteiger partial charge in [0.15, 0.2) is 0 Å². The van der Waals surface area contributed by atoms with Crippen molar-refractivity contribution in [1.29, 1.82) is 0 Å². The van der Waals surface area contributed by atoms with Crippen molar-refractivity contribution >= 4 is 35.1 Å². The third-order valence-corrected chi connectivity index (χ3v) is 8.36. The molecule has 1 unspecified atom stereocenters. The second-order valence-electron chi connectivity index (χ2n) is 16.4. The topological polar surface area (TPSA) is 150 Å². The summed E-state index contributed by atoms with van der Waals surface area (Å²) in [4.78, 5) is 55.0. The quantitative estimate of drug-likeness (QED) is 0.179. The van der Waals surface area contributed by atoms with E-state index in [0.29, 0.717) is 33.7 Å². The SMILES string of the molecule is COc1cccc(C(CNC(=O)OC(C)(C)C)NC(=O)c2cc(-c3ccc4c(c3)c(C)nn4C(=O)OC(C)(C)C)cc3c2CN(C(=O)OC(C)(C)C)C3)c1. The largest absolute Gasteiger partial charge is 0.497 e. The van der Waals surface area contributed by atoms with Crippen LogP contribution in [0.3, 0.4) is 0 Å². The Morgan fingerprint density at radius 3 is 2.11 bits per heavy atom. The van der Waals surface area contributed by atoms with E-state index < -0.39 is 47.0 Å². The second-order valence-corrected chi connectivity index (χ2v) is 16.4. The number of hydrogen-bond acceptors (Lipinski definition) is 9. The number of aryl methyl sites for hydroxylation is 1. The summed E-state index contributed by atoms with van der Waals surface area (Å²) < 4.78 is 23.4. The Balaban J connectivity index is 1.55. The van der Waals surface area contributed by atoms with Crippen LogP contribution in [0.15, 0.2) is 54.6 Å². The number of carbonyl (C=O) groups excluding carboxylic acids is 4. The lowest BCUT2D eigenvalue weighted by Crippen LogP contribution is -2.40. The molecule has 0 saturated carbocycles. The number of carbonyl (C=O) groups is 4. The number of ether oxygens (including phenoxy) is 4. The average molecular weight is 742 g/mol. The number of fused-ring (bicyclic) bond motifs is 2. The predicted octanol–water partition coefficient (Wildman–Crippen LogP) is 8.05. The van der Waals surface area contributed by atoms with Crippen molar-refractivity contribution in [3.05, 3.63) is 82.5 Å². The molecular formula is C41H51N5O8. The molecule has 54 heavy (non-hydrogen) atoms. The van der Waals surface area contributed by atoms with Gasteiger partial charge in [-0.15, -0.1) is 0 Å². The summed E-state index contributed by atoms with van der Waals surface area (Å²) in [5.41, 5.74) is 3.12. The third kappa shape index (κ3) is 9.68. The Labute approximate surface area is 316 Å². The molecule has 5 rings (SSSR count). The molecule has 0 saturated heterocycles. The van der Waals surface area contributed by atoms with Gasteiger partial charge in [0.1, 0.15) is 22.6 Å². The highest BCUT2D eigenvalue weighted by molar-refractivity contribution is 5.99. The van der Waals surface area contributed by atoms with Gasteiger partial charge in [0.25, 0.3) is 5.91 Å². The first-order chi connectivity index (χ1) is 25.1. The molecule has 4 aromatic rings. The van der Waals surface area contributed by atoms with Crippen molar-refractivity contribution in [2.75, 3.05) is 13.7 Å². The second kappa shape index (κ2) is 15.0. The number of nitrogens with zero attached hydrogens (tertiary/aromatic N) is 3. The Kier molecular flexibility index (Phi) is 11.0. The molecular weight excluding hydrogens is 690 g/mol. The van der Waals surface area contributed by atoms with Gasteiger partial charge in [-0.05, 0) is 133 Å². The van der Waals surface area contributed by atoms with Gasteiger partial charge in [-0.2, -0.15) is 9.78 Å². The Morgan fingerprint density at radius 1 is 0.796 bits per heavy atom. The van der Waals surface area contributed by atoms with E-state index >= 15 is 0 Å². The first-order valence-corrected chi connectivity index (χ1v) is 17.9. The minimum absolute atomic E-state index is 0.0251. The molecule has 0 spiro atoms. The molecule has 3 aromatic carbocycles. The minimum atomic E-state index is -0.713. The summed E-state index contributed by atoms with van der Waals surface area (Å²) >= 11 is 0. The zero-order valence-electron chi connectivity index (χ0n) is 33.0. The lowest BCUT2D eigenvalue weighted by atomic mass is 9.94. The van der Waals surface area contributed by atoms with Gasteiger partial charge < -0.3 is 29.6 Å². The summed E-state index contributed by atoms with van der Waals surface area (Å²) in [5.74, 6) is 0.175. The average Bonchev–Trinajstić information content (AvgIpc) is 3.65. The monoisotopic (exact) mass is 741 g/mol. The molecule has 1 atom stereocenters. The van der Waals surface area contributed by atoms with Crippen molar-refractivity contribution in [3.63, 3.8) is 0 Å². The highest BCUT2D eigenvalue weighted by Gasteiger charge is 2.32. The van der Waals surface area contributed by atoms with Crippen LogP contribution in [0, 0.1) is 6.92 Å². The molecule has 13 heteroatoms. The highest BCUT2D eigenvalue weighted by Crippen LogP contribution is 2.35. The van der Waals surface area contributed by atoms with Crippen molar-refractivity contribution in [2.45, 2.75) is 105 Å². The lowest BCUT2D eigenvalue weighted by molar-refractivity contribution is 0.0240. The number of alkyl carbamates (subject to hydrolysis) is 1. The maximum Gasteiger partial charge on any atom is 0.435 e. The first kappa shape index (κ1) is 39.6. The lowest BCUT2D eigenvalue weighted by Gasteiger charge is -2.24. The van der Waals surface area contributed by atoms with Crippen molar-refractivity contribution in [1.82, 2.24) is 25.3 Å². The van der Waals surface area contributed by atoms with Gasteiger partial charge in [0.2, 0.25) is 0 Å². The molecule has 0 radical (unpaired) electrons. The van der Waals surface area contributed by atoms with Crippen LogP contribution in [-0.4, -0.2) is 69.3 Å². The Hall–Kier alpha value is -5.59. The molecule has 2 N–H and O–H groups in total. The summed E-state index contributed by atoms with van der Waals surface area (Å²) in [6.45, 7) is 18.3. The molecule has 0 fully saturated rings. The molecule has 2 heterocycles. The standard InChI is InChI=1S/C41H51N5O8/c1-24-30-19-25(15-16-34(30)46(44-24)38(50)54-41(8,9)10)27-17-28-22-45(37(49)53-40(5,6)7)23-32(28)31(20-27)35(47)43-33(21-42-36(48)52-39(2,3)4)26-13-12-14-29(18-26)51-11/h12-20,33H,21-23H2,1-11H3,(H,42,48)(H,43,47). The number of aromatic nitrogens is 2. The van der Waals surface area contributed by atoms with Crippen molar-refractivity contribution in [2.24, 2.45) is 0 Å². The fourth-order valence-electron chi connectivity index (χ4n) is 6.08. The van der Waals surface area contributed by atoms with E-state index in [1.54, 1.807) is 105 Å². The number of amides is 3. The molecule has 0 bridgehead atoms. The smallest absolute Gasteiger partial charge is 0.435 e. The van der Waals surface area contributed by atoms with Gasteiger partial charge in [0, 0.05) is 24.0 Å². The van der Waals surface area contributed by atoms with Crippen molar-refractivity contribution in [3.8, 4) is 16.9 Å². The van der Waals surface area contributed by atoms with Crippen LogP contribution in [0.4, 0.5) is 14.4 Å². The molecule has 1 aromatic heterocycles. The predicted molar refractivity (Wildman–Crippen MR) is 204 cm³/mol. The van der Waals surface area contributed by atoms with Crippen molar-refractivity contribution < 1.29 is 38.1 Å². The number of hydrogen-bond donors (Lipinski definition) is 2. The molecule has 3 amide bonds. The van der Waals surface area contributed by atoms with E-state index in [-0.39, 0.29) is 19.6 Å². The van der Waals surface area contributed by atoms with E-state index in [0.717, 1.165) is 22.1 Å². The summed E-state index contributed by atoms with van der Waals surface area (Å²) in [5, 5.41) is 11.1. The molecule has 288 valence electrons. The van der Waals surface area contributed by atoms with Gasteiger partial charge in [-0.25, -0.2) is 14.4 Å². The summed E-state index contributed by atoms with van der Waals surface area (Å²) in [6.07, 6.45) is -1.70. The van der Waals surface area contributed by atoms with E-state index in [9.17, 15) is 19.2 Å². The third-order valence-electron chi connectivity index (χ3n) is 8.36. The minimum Gasteiger partial charge on any atom is -0.497 e. The van der Waals surface area contributed by atoms with Gasteiger partial charge in [-0.3, -0.25) is 9.69 Å². The number of nitrogens with one attached hydrogen (secondary N) is 2. The van der Waals surface area contributed by atoms with E-state index in [1.807, 2.05) is 31.2 Å². The van der Waals surface area contributed by atoms with E-state index in [1.165, 1.54) is 4.68 Å². The fourth-order valence-corrected chi connectivity index (χ4v) is 6.08. The Bertz CT molecular complexity index is 2080. The zero-order valence-corrected chi connectivity index (χ0v) is 33.0. The maximum atomic E-state index is 14.5. The van der Waals surface area contributed by atoms with Crippen LogP contribution in [0.5, 0.6) is 5.75 Å². The fraction of sp³-hybridized carbons (Fsp3) is 0.439. The van der Waals surface area contributed by atoms with Crippen LogP contribution in [0.2, 0.25) is 0 Å². The Morgan fingerprint density at radius 2 is 1.46 bits per heavy atom. The van der Waals surface area contributed by atoms with Crippen LogP contribution in [0.1, 0.15) is 101 Å². The number of rotatable bonds is 7. The van der Waals surface area contributed by atoms with E-state index in [4.69, 9.17) is 18.9 Å². The van der Waals surface area contributed by atoms with Gasteiger partial charge in [-0.1, -0.05) is 18.2 Å². The highest BCUT2D eigenvalue weighted by atomic mass is 16.6. The summed E-state index contributed by atoms with van der Waals surface area (Å²) in [7, 11) is 1.55. The van der Waals surface area contributed by atoms with Gasteiger partial charge >= 0.3 is 18.3 Å². The van der Waals surface area contributed by atoms with Crippen LogP contribution >= 0.6 is 0 Å². The van der Waals surface area contributed by atoms with Crippen LogP contribution in [-0.2, 0) is 27.3 Å². The van der Waals surface area contributed by atoms with Crippen LogP contribution in [0.25, 0.3) is 22.0 Å². The van der Waals surface area contributed by atoms with Crippen LogP contribution < -0.4 is 15.4 Å². The van der Waals surface area contributed by atoms with Gasteiger partial charge in [0.05, 0.1) is 30.9 Å². The molecule has 1 aliphatic rings. The first-order valence-electron chi connectivity index (χ1n) is 17.9. The number of methoxy groups -OCH3 is 1. The number of benzene rings is 3.